The molecule has 5 heteroatoms. The molecule has 0 unspecified atom stereocenters. The molecule has 0 aliphatic carbocycles. The predicted octanol–water partition coefficient (Wildman–Crippen LogP) is 5.18. The van der Waals surface area contributed by atoms with Gasteiger partial charge in [-0.1, -0.05) is 61.5 Å². The van der Waals surface area contributed by atoms with Crippen molar-refractivity contribution in [2.75, 3.05) is 22.5 Å². The fourth-order valence-corrected chi connectivity index (χ4v) is 3.40. The zero-order valence-corrected chi connectivity index (χ0v) is 18.1. The van der Waals surface area contributed by atoms with Crippen LogP contribution < -0.4 is 16.0 Å². The first-order valence-corrected chi connectivity index (χ1v) is 10.6. The van der Waals surface area contributed by atoms with Gasteiger partial charge in [-0.05, 0) is 54.7 Å². The first kappa shape index (κ1) is 22.1. The second kappa shape index (κ2) is 11.0. The molecule has 3 rings (SSSR count). The van der Waals surface area contributed by atoms with Crippen molar-refractivity contribution in [2.45, 2.75) is 33.1 Å². The molecule has 5 nitrogen and oxygen atoms in total. The van der Waals surface area contributed by atoms with Crippen molar-refractivity contribution in [3.63, 3.8) is 0 Å². The number of hydrogen-bond acceptors (Lipinski definition) is 3. The average molecular weight is 416 g/mol. The van der Waals surface area contributed by atoms with Crippen LogP contribution in [-0.4, -0.2) is 18.4 Å². The van der Waals surface area contributed by atoms with Gasteiger partial charge in [0.15, 0.2) is 0 Å². The molecule has 31 heavy (non-hydrogen) atoms. The number of aryl methyl sites for hydroxylation is 3. The molecule has 0 saturated carbocycles. The van der Waals surface area contributed by atoms with Crippen LogP contribution in [0.2, 0.25) is 0 Å². The number of para-hydroxylation sites is 1. The number of carbonyl (C=O) groups excluding carboxylic acids is 2. The second-order valence-electron chi connectivity index (χ2n) is 7.48. The third-order valence-corrected chi connectivity index (χ3v) is 5.09. The quantitative estimate of drug-likeness (QED) is 0.451. The highest BCUT2D eigenvalue weighted by Crippen LogP contribution is 2.21. The van der Waals surface area contributed by atoms with Gasteiger partial charge >= 0.3 is 0 Å². The summed E-state index contributed by atoms with van der Waals surface area (Å²) in [4.78, 5) is 24.7. The van der Waals surface area contributed by atoms with Crippen LogP contribution in [-0.2, 0) is 22.4 Å². The molecular formula is C26H29N3O2. The number of hydrogen-bond donors (Lipinski definition) is 3. The zero-order valence-electron chi connectivity index (χ0n) is 18.1. The lowest BCUT2D eigenvalue weighted by atomic mass is 10.1. The van der Waals surface area contributed by atoms with E-state index in [0.29, 0.717) is 18.5 Å². The van der Waals surface area contributed by atoms with Crippen molar-refractivity contribution in [2.24, 2.45) is 0 Å². The average Bonchev–Trinajstić information content (AvgIpc) is 2.78. The van der Waals surface area contributed by atoms with Crippen LogP contribution in [0.15, 0.2) is 72.8 Å². The Labute approximate surface area is 183 Å². The van der Waals surface area contributed by atoms with Crippen molar-refractivity contribution in [3.05, 3.63) is 89.5 Å². The maximum absolute atomic E-state index is 12.4. The summed E-state index contributed by atoms with van der Waals surface area (Å²) in [5, 5.41) is 9.06. The first-order valence-electron chi connectivity index (χ1n) is 10.6. The Balaban J connectivity index is 1.51. The van der Waals surface area contributed by atoms with Gasteiger partial charge in [0.1, 0.15) is 0 Å². The maximum atomic E-state index is 12.4. The van der Waals surface area contributed by atoms with E-state index in [1.165, 1.54) is 0 Å². The summed E-state index contributed by atoms with van der Waals surface area (Å²) >= 11 is 0. The summed E-state index contributed by atoms with van der Waals surface area (Å²) in [5.74, 6) is -0.147. The van der Waals surface area contributed by atoms with Crippen molar-refractivity contribution >= 4 is 28.9 Å². The lowest BCUT2D eigenvalue weighted by Gasteiger charge is -2.14. The lowest BCUT2D eigenvalue weighted by molar-refractivity contribution is -0.116. The van der Waals surface area contributed by atoms with Gasteiger partial charge in [0.2, 0.25) is 11.8 Å². The Bertz CT molecular complexity index is 1030. The molecule has 160 valence electrons. The molecule has 2 amide bonds. The van der Waals surface area contributed by atoms with Crippen LogP contribution in [0.4, 0.5) is 17.1 Å². The minimum Gasteiger partial charge on any atom is -0.376 e. The third kappa shape index (κ3) is 6.71. The van der Waals surface area contributed by atoms with E-state index in [9.17, 15) is 9.59 Å². The summed E-state index contributed by atoms with van der Waals surface area (Å²) in [6, 6.07) is 23.4. The van der Waals surface area contributed by atoms with Gasteiger partial charge in [-0.15, -0.1) is 0 Å². The maximum Gasteiger partial charge on any atom is 0.243 e. The first-order chi connectivity index (χ1) is 15.0. The van der Waals surface area contributed by atoms with E-state index in [0.717, 1.165) is 34.5 Å². The molecule has 3 aromatic carbocycles. The molecule has 0 fully saturated rings. The fourth-order valence-electron chi connectivity index (χ4n) is 3.40. The third-order valence-electron chi connectivity index (χ3n) is 5.09. The number of rotatable bonds is 9. The standard InChI is InChI=1S/C26H29N3O2/c1-3-21-12-7-9-19(2)26(21)29-25(31)18-27-22-13-8-14-23(17-22)28-24(30)16-15-20-10-5-4-6-11-20/h4-14,17,27H,3,15-16,18H2,1-2H3,(H,28,30)(H,29,31). The number of amides is 2. The molecule has 0 aliphatic heterocycles. The highest BCUT2D eigenvalue weighted by molar-refractivity contribution is 5.95. The van der Waals surface area contributed by atoms with Gasteiger partial charge in [0.05, 0.1) is 6.54 Å². The molecular weight excluding hydrogens is 386 g/mol. The summed E-state index contributed by atoms with van der Waals surface area (Å²) in [6.07, 6.45) is 1.97. The predicted molar refractivity (Wildman–Crippen MR) is 128 cm³/mol. The van der Waals surface area contributed by atoms with E-state index in [4.69, 9.17) is 0 Å². The van der Waals surface area contributed by atoms with Crippen molar-refractivity contribution < 1.29 is 9.59 Å². The molecule has 0 spiro atoms. The van der Waals surface area contributed by atoms with Crippen LogP contribution in [0, 0.1) is 6.92 Å². The molecule has 3 N–H and O–H groups in total. The Morgan fingerprint density at radius 1 is 0.806 bits per heavy atom. The van der Waals surface area contributed by atoms with E-state index in [1.807, 2.05) is 79.7 Å². The molecule has 0 aromatic heterocycles. The molecule has 0 atom stereocenters. The van der Waals surface area contributed by atoms with Crippen LogP contribution >= 0.6 is 0 Å². The Morgan fingerprint density at radius 2 is 1.55 bits per heavy atom. The molecule has 0 radical (unpaired) electrons. The lowest BCUT2D eigenvalue weighted by Crippen LogP contribution is -2.23. The van der Waals surface area contributed by atoms with Gasteiger partial charge < -0.3 is 16.0 Å². The molecule has 0 saturated heterocycles. The van der Waals surface area contributed by atoms with Crippen molar-refractivity contribution in [1.82, 2.24) is 0 Å². The minimum absolute atomic E-state index is 0.0367. The molecule has 0 aliphatic rings. The van der Waals surface area contributed by atoms with Gasteiger partial charge in [-0.25, -0.2) is 0 Å². The number of benzene rings is 3. The summed E-state index contributed by atoms with van der Waals surface area (Å²) in [7, 11) is 0. The van der Waals surface area contributed by atoms with Crippen LogP contribution in [0.3, 0.4) is 0 Å². The molecule has 3 aromatic rings. The monoisotopic (exact) mass is 415 g/mol. The Kier molecular flexibility index (Phi) is 7.82. The van der Waals surface area contributed by atoms with Crippen molar-refractivity contribution in [1.29, 1.82) is 0 Å². The number of carbonyl (C=O) groups is 2. The second-order valence-corrected chi connectivity index (χ2v) is 7.48. The van der Waals surface area contributed by atoms with E-state index in [1.54, 1.807) is 0 Å². The molecule has 0 bridgehead atoms. The zero-order chi connectivity index (χ0) is 22.1. The molecule has 0 heterocycles. The smallest absolute Gasteiger partial charge is 0.243 e. The highest BCUT2D eigenvalue weighted by atomic mass is 16.2. The largest absolute Gasteiger partial charge is 0.376 e. The van der Waals surface area contributed by atoms with E-state index in [-0.39, 0.29) is 18.4 Å². The SMILES string of the molecule is CCc1cccc(C)c1NC(=O)CNc1cccc(NC(=O)CCc2ccccc2)c1. The number of anilines is 3. The Morgan fingerprint density at radius 3 is 2.32 bits per heavy atom. The van der Waals surface area contributed by atoms with E-state index >= 15 is 0 Å². The van der Waals surface area contributed by atoms with Gasteiger partial charge in [-0.2, -0.15) is 0 Å². The van der Waals surface area contributed by atoms with Crippen LogP contribution in [0.5, 0.6) is 0 Å². The van der Waals surface area contributed by atoms with Crippen LogP contribution in [0.25, 0.3) is 0 Å². The van der Waals surface area contributed by atoms with E-state index < -0.39 is 0 Å². The summed E-state index contributed by atoms with van der Waals surface area (Å²) in [6.45, 7) is 4.21. The number of nitrogens with one attached hydrogen (secondary N) is 3. The van der Waals surface area contributed by atoms with Gasteiger partial charge in [-0.3, -0.25) is 9.59 Å². The summed E-state index contributed by atoms with van der Waals surface area (Å²) < 4.78 is 0. The topological polar surface area (TPSA) is 70.2 Å². The van der Waals surface area contributed by atoms with Gasteiger partial charge in [0.25, 0.3) is 0 Å². The van der Waals surface area contributed by atoms with Crippen LogP contribution in [0.1, 0.15) is 30.0 Å². The fraction of sp³-hybridized carbons (Fsp3) is 0.231. The van der Waals surface area contributed by atoms with E-state index in [2.05, 4.69) is 22.9 Å². The van der Waals surface area contributed by atoms with Gasteiger partial charge in [0, 0.05) is 23.5 Å². The Hall–Kier alpha value is -3.60. The summed E-state index contributed by atoms with van der Waals surface area (Å²) in [5.41, 5.74) is 5.67. The highest BCUT2D eigenvalue weighted by Gasteiger charge is 2.09. The normalized spacial score (nSPS) is 10.4. The minimum atomic E-state index is -0.110. The van der Waals surface area contributed by atoms with Crippen molar-refractivity contribution in [3.8, 4) is 0 Å².